The van der Waals surface area contributed by atoms with Crippen molar-refractivity contribution in [1.29, 1.82) is 0 Å². The zero-order chi connectivity index (χ0) is 16.4. The third-order valence-corrected chi connectivity index (χ3v) is 5.10. The number of phosphoric acid groups is 1. The number of hydrogen-bond acceptors (Lipinski definition) is 2. The van der Waals surface area contributed by atoms with Crippen LogP contribution in [0.25, 0.3) is 0 Å². The van der Waals surface area contributed by atoms with Crippen LogP contribution < -0.4 is 0 Å². The first-order chi connectivity index (χ1) is 9.85. The molecule has 0 saturated heterocycles. The first-order valence-electron chi connectivity index (χ1n) is 8.61. The maximum Gasteiger partial charge on any atom is 0.470 e. The molecule has 0 heterocycles. The Hall–Kier alpha value is 0.110. The predicted octanol–water partition coefficient (Wildman–Crippen LogP) is 5.43. The Morgan fingerprint density at radius 1 is 1.00 bits per heavy atom. The van der Waals surface area contributed by atoms with Gasteiger partial charge in [0.25, 0.3) is 0 Å². The van der Waals surface area contributed by atoms with Crippen LogP contribution in [-0.4, -0.2) is 15.4 Å². The van der Waals surface area contributed by atoms with Crippen molar-refractivity contribution in [3.8, 4) is 0 Å². The summed E-state index contributed by atoms with van der Waals surface area (Å²) in [6.07, 6.45) is 9.88. The van der Waals surface area contributed by atoms with Gasteiger partial charge in [0.05, 0.1) is 5.60 Å². The van der Waals surface area contributed by atoms with E-state index in [9.17, 15) is 14.4 Å². The van der Waals surface area contributed by atoms with E-state index in [1.807, 2.05) is 6.92 Å². The maximum absolute atomic E-state index is 11.5. The molecule has 2 N–H and O–H groups in total. The van der Waals surface area contributed by atoms with Crippen molar-refractivity contribution in [2.45, 2.75) is 97.5 Å². The maximum atomic E-state index is 11.5. The van der Waals surface area contributed by atoms with Crippen LogP contribution in [0.4, 0.5) is 0 Å². The third kappa shape index (κ3) is 8.35. The minimum atomic E-state index is -4.46. The van der Waals surface area contributed by atoms with Gasteiger partial charge in [-0.15, -0.1) is 0 Å². The van der Waals surface area contributed by atoms with E-state index in [1.165, 1.54) is 6.42 Å². The molecule has 128 valence electrons. The van der Waals surface area contributed by atoms with Crippen molar-refractivity contribution in [2.75, 3.05) is 0 Å². The van der Waals surface area contributed by atoms with Gasteiger partial charge in [0.2, 0.25) is 0 Å². The van der Waals surface area contributed by atoms with E-state index in [0.29, 0.717) is 6.42 Å². The predicted molar refractivity (Wildman–Crippen MR) is 88.2 cm³/mol. The second-order valence-corrected chi connectivity index (χ2v) is 7.22. The minimum Gasteiger partial charge on any atom is -0.303 e. The average molecular weight is 322 g/mol. The molecule has 2 unspecified atom stereocenters. The van der Waals surface area contributed by atoms with Gasteiger partial charge in [-0.05, 0) is 25.2 Å². The van der Waals surface area contributed by atoms with Crippen molar-refractivity contribution >= 4 is 7.82 Å². The summed E-state index contributed by atoms with van der Waals surface area (Å²) in [6.45, 7) is 8.39. The van der Waals surface area contributed by atoms with Crippen LogP contribution >= 0.6 is 7.82 Å². The summed E-state index contributed by atoms with van der Waals surface area (Å²) >= 11 is 0. The summed E-state index contributed by atoms with van der Waals surface area (Å²) in [5, 5.41) is 0. The van der Waals surface area contributed by atoms with E-state index < -0.39 is 13.4 Å². The summed E-state index contributed by atoms with van der Waals surface area (Å²) in [4.78, 5) is 18.7. The van der Waals surface area contributed by atoms with Gasteiger partial charge >= 0.3 is 7.82 Å². The second-order valence-electron chi connectivity index (χ2n) is 6.06. The molecule has 0 aliphatic rings. The normalized spacial score (nSPS) is 16.7. The lowest BCUT2D eigenvalue weighted by Crippen LogP contribution is -2.39. The molecule has 0 aromatic rings. The molecular weight excluding hydrogens is 287 g/mol. The minimum absolute atomic E-state index is 0.219. The highest BCUT2D eigenvalue weighted by Crippen LogP contribution is 2.49. The van der Waals surface area contributed by atoms with Crippen LogP contribution in [0.5, 0.6) is 0 Å². The SMILES string of the molecule is CCCCCCC(CC)(OP(=O)(O)O)C(CC)CCCC. The molecule has 0 radical (unpaired) electrons. The van der Waals surface area contributed by atoms with E-state index in [1.54, 1.807) is 0 Å². The smallest absolute Gasteiger partial charge is 0.303 e. The van der Waals surface area contributed by atoms with Gasteiger partial charge in [0.15, 0.2) is 0 Å². The van der Waals surface area contributed by atoms with Crippen molar-refractivity contribution in [1.82, 2.24) is 0 Å². The Morgan fingerprint density at radius 2 is 1.62 bits per heavy atom. The number of phosphoric ester groups is 1. The van der Waals surface area contributed by atoms with E-state index in [-0.39, 0.29) is 5.92 Å². The molecule has 0 rings (SSSR count). The largest absolute Gasteiger partial charge is 0.470 e. The van der Waals surface area contributed by atoms with E-state index in [0.717, 1.165) is 51.4 Å². The quantitative estimate of drug-likeness (QED) is 0.350. The Bertz CT molecular complexity index is 303. The molecule has 4 nitrogen and oxygen atoms in total. The van der Waals surface area contributed by atoms with Gasteiger partial charge in [-0.1, -0.05) is 72.6 Å². The summed E-state index contributed by atoms with van der Waals surface area (Å²) in [7, 11) is -4.46. The molecule has 0 aliphatic carbocycles. The fourth-order valence-electron chi connectivity index (χ4n) is 3.23. The summed E-state index contributed by atoms with van der Waals surface area (Å²) < 4.78 is 16.8. The molecule has 0 aliphatic heterocycles. The third-order valence-electron chi connectivity index (χ3n) is 4.50. The summed E-state index contributed by atoms with van der Waals surface area (Å²) in [5.41, 5.74) is -0.670. The number of hydrogen-bond donors (Lipinski definition) is 2. The van der Waals surface area contributed by atoms with E-state index in [2.05, 4.69) is 20.8 Å². The monoisotopic (exact) mass is 322 g/mol. The molecule has 0 saturated carbocycles. The fraction of sp³-hybridized carbons (Fsp3) is 1.00. The van der Waals surface area contributed by atoms with E-state index in [4.69, 9.17) is 4.52 Å². The van der Waals surface area contributed by atoms with Crippen LogP contribution in [0, 0.1) is 5.92 Å². The standard InChI is InChI=1S/C16H35O4P/c1-5-9-11-12-14-16(8-4,20-21(17,18)19)15(7-3)13-10-6-2/h15H,5-14H2,1-4H3,(H2,17,18,19). The molecule has 2 atom stereocenters. The van der Waals surface area contributed by atoms with Crippen LogP contribution in [0.15, 0.2) is 0 Å². The molecule has 0 aromatic heterocycles. The number of unbranched alkanes of at least 4 members (excludes halogenated alkanes) is 4. The molecule has 0 bridgehead atoms. The molecule has 0 aromatic carbocycles. The molecular formula is C16H35O4P. The molecule has 21 heavy (non-hydrogen) atoms. The first-order valence-corrected chi connectivity index (χ1v) is 10.1. The highest BCUT2D eigenvalue weighted by Gasteiger charge is 2.41. The van der Waals surface area contributed by atoms with Gasteiger partial charge in [-0.25, -0.2) is 4.57 Å². The van der Waals surface area contributed by atoms with Gasteiger partial charge in [0, 0.05) is 0 Å². The van der Waals surface area contributed by atoms with Crippen LogP contribution in [0.1, 0.15) is 91.9 Å². The molecule has 0 spiro atoms. The van der Waals surface area contributed by atoms with Crippen molar-refractivity contribution in [2.24, 2.45) is 5.92 Å². The highest BCUT2D eigenvalue weighted by atomic mass is 31.2. The van der Waals surface area contributed by atoms with Crippen LogP contribution in [0.3, 0.4) is 0 Å². The lowest BCUT2D eigenvalue weighted by molar-refractivity contribution is -0.0340. The zero-order valence-electron chi connectivity index (χ0n) is 14.3. The highest BCUT2D eigenvalue weighted by molar-refractivity contribution is 7.46. The van der Waals surface area contributed by atoms with Crippen LogP contribution in [0.2, 0.25) is 0 Å². The van der Waals surface area contributed by atoms with Crippen molar-refractivity contribution in [3.63, 3.8) is 0 Å². The fourth-order valence-corrected chi connectivity index (χ4v) is 4.07. The summed E-state index contributed by atoms with van der Waals surface area (Å²) in [6, 6.07) is 0. The van der Waals surface area contributed by atoms with E-state index >= 15 is 0 Å². The zero-order valence-corrected chi connectivity index (χ0v) is 15.2. The Kier molecular flexibility index (Phi) is 10.8. The van der Waals surface area contributed by atoms with Gasteiger partial charge < -0.3 is 9.79 Å². The Morgan fingerprint density at radius 3 is 2.05 bits per heavy atom. The molecule has 0 fully saturated rings. The van der Waals surface area contributed by atoms with Gasteiger partial charge in [-0.3, -0.25) is 4.52 Å². The number of rotatable bonds is 13. The average Bonchev–Trinajstić information content (AvgIpc) is 2.42. The van der Waals surface area contributed by atoms with Gasteiger partial charge in [0.1, 0.15) is 0 Å². The first kappa shape index (κ1) is 21.1. The molecule has 0 amide bonds. The van der Waals surface area contributed by atoms with Gasteiger partial charge in [-0.2, -0.15) is 0 Å². The topological polar surface area (TPSA) is 66.8 Å². The summed E-state index contributed by atoms with van der Waals surface area (Å²) in [5.74, 6) is 0.219. The van der Waals surface area contributed by atoms with Crippen LogP contribution in [-0.2, 0) is 9.09 Å². The van der Waals surface area contributed by atoms with Crippen molar-refractivity contribution < 1.29 is 18.9 Å². The Labute approximate surface area is 130 Å². The van der Waals surface area contributed by atoms with Crippen molar-refractivity contribution in [3.05, 3.63) is 0 Å². The molecule has 5 heteroatoms. The lowest BCUT2D eigenvalue weighted by atomic mass is 9.77. The Balaban J connectivity index is 5.02. The lowest BCUT2D eigenvalue weighted by Gasteiger charge is -2.40. The second kappa shape index (κ2) is 10.8.